The summed E-state index contributed by atoms with van der Waals surface area (Å²) in [5.41, 5.74) is 0. The van der Waals surface area contributed by atoms with Gasteiger partial charge in [0.05, 0.1) is 12.5 Å². The molecule has 0 aromatic carbocycles. The molecule has 0 saturated heterocycles. The molecule has 0 spiro atoms. The molecule has 0 radical (unpaired) electrons. The van der Waals surface area contributed by atoms with Gasteiger partial charge < -0.3 is 15.7 Å². The van der Waals surface area contributed by atoms with Crippen molar-refractivity contribution < 1.29 is 14.7 Å². The van der Waals surface area contributed by atoms with Gasteiger partial charge in [0.25, 0.3) is 0 Å². The van der Waals surface area contributed by atoms with Gasteiger partial charge >= 0.3 is 5.97 Å². The predicted octanol–water partition coefficient (Wildman–Crippen LogP) is 0.354. The molecule has 100 valence electrons. The summed E-state index contributed by atoms with van der Waals surface area (Å²) in [4.78, 5) is 23.1. The fraction of sp³-hybridized carbons (Fsp3) is 0.846. The molecule has 5 heteroatoms. The number of hydrogen-bond donors (Lipinski definition) is 3. The Bertz CT molecular complexity index is 367. The van der Waals surface area contributed by atoms with Gasteiger partial charge in [-0.2, -0.15) is 0 Å². The molecule has 3 saturated carbocycles. The number of aliphatic carboxylic acids is 1. The average molecular weight is 252 g/mol. The SMILES string of the molecule is O=C(CNC1CC1)NC1C2CCC(C2)C1C(=O)O. The van der Waals surface area contributed by atoms with Crippen LogP contribution in [-0.4, -0.2) is 35.6 Å². The highest BCUT2D eigenvalue weighted by Crippen LogP contribution is 2.48. The molecule has 4 unspecified atom stereocenters. The van der Waals surface area contributed by atoms with Crippen LogP contribution in [0.2, 0.25) is 0 Å². The highest BCUT2D eigenvalue weighted by atomic mass is 16.4. The van der Waals surface area contributed by atoms with E-state index in [0.717, 1.165) is 32.1 Å². The number of hydrogen-bond acceptors (Lipinski definition) is 3. The molecule has 0 aromatic heterocycles. The standard InChI is InChI=1S/C13H20N2O3/c16-10(6-14-9-3-4-9)15-12-8-2-1-7(5-8)11(12)13(17)18/h7-9,11-12,14H,1-6H2,(H,15,16)(H,17,18). The molecule has 0 heterocycles. The highest BCUT2D eigenvalue weighted by Gasteiger charge is 2.51. The molecule has 3 rings (SSSR count). The minimum atomic E-state index is -0.748. The molecule has 0 aromatic rings. The van der Waals surface area contributed by atoms with Crippen molar-refractivity contribution in [3.63, 3.8) is 0 Å². The average Bonchev–Trinajstić information content (AvgIpc) is 2.94. The van der Waals surface area contributed by atoms with Crippen LogP contribution in [0.25, 0.3) is 0 Å². The lowest BCUT2D eigenvalue weighted by Gasteiger charge is -2.28. The number of carboxylic acid groups (broad SMARTS) is 1. The molecule has 0 aliphatic heterocycles. The number of carbonyl (C=O) groups excluding carboxylic acids is 1. The number of amides is 1. The summed E-state index contributed by atoms with van der Waals surface area (Å²) >= 11 is 0. The summed E-state index contributed by atoms with van der Waals surface area (Å²) in [7, 11) is 0. The van der Waals surface area contributed by atoms with E-state index in [2.05, 4.69) is 10.6 Å². The van der Waals surface area contributed by atoms with E-state index >= 15 is 0 Å². The van der Waals surface area contributed by atoms with Crippen molar-refractivity contribution in [2.45, 2.75) is 44.2 Å². The third-order valence-corrected chi connectivity index (χ3v) is 4.66. The van der Waals surface area contributed by atoms with Gasteiger partial charge in [-0.05, 0) is 43.9 Å². The minimum Gasteiger partial charge on any atom is -0.481 e. The fourth-order valence-corrected chi connectivity index (χ4v) is 3.62. The Morgan fingerprint density at radius 2 is 1.83 bits per heavy atom. The Balaban J connectivity index is 1.56. The Labute approximate surface area is 106 Å². The van der Waals surface area contributed by atoms with Crippen molar-refractivity contribution >= 4 is 11.9 Å². The summed E-state index contributed by atoms with van der Waals surface area (Å²) < 4.78 is 0. The number of rotatable bonds is 5. The van der Waals surface area contributed by atoms with E-state index in [1.54, 1.807) is 0 Å². The van der Waals surface area contributed by atoms with Crippen LogP contribution in [0.15, 0.2) is 0 Å². The minimum absolute atomic E-state index is 0.0503. The molecular formula is C13H20N2O3. The van der Waals surface area contributed by atoms with E-state index < -0.39 is 5.97 Å². The van der Waals surface area contributed by atoms with Crippen molar-refractivity contribution in [1.82, 2.24) is 10.6 Å². The van der Waals surface area contributed by atoms with Crippen molar-refractivity contribution in [3.05, 3.63) is 0 Å². The molecule has 4 atom stereocenters. The zero-order valence-corrected chi connectivity index (χ0v) is 10.4. The molecular weight excluding hydrogens is 232 g/mol. The Morgan fingerprint density at radius 1 is 1.11 bits per heavy atom. The van der Waals surface area contributed by atoms with Crippen LogP contribution in [0.5, 0.6) is 0 Å². The van der Waals surface area contributed by atoms with Gasteiger partial charge in [0.1, 0.15) is 0 Å². The first-order chi connectivity index (χ1) is 8.65. The summed E-state index contributed by atoms with van der Waals surface area (Å²) in [5.74, 6) is -0.517. The van der Waals surface area contributed by atoms with E-state index in [9.17, 15) is 14.7 Å². The van der Waals surface area contributed by atoms with E-state index in [4.69, 9.17) is 0 Å². The van der Waals surface area contributed by atoms with E-state index in [0.29, 0.717) is 18.5 Å². The number of carboxylic acids is 1. The lowest BCUT2D eigenvalue weighted by molar-refractivity contribution is -0.144. The summed E-state index contributed by atoms with van der Waals surface area (Å²) in [6, 6.07) is 0.362. The van der Waals surface area contributed by atoms with Crippen LogP contribution in [0.1, 0.15) is 32.1 Å². The van der Waals surface area contributed by atoms with Gasteiger partial charge in [0.15, 0.2) is 0 Å². The second-order valence-corrected chi connectivity index (χ2v) is 5.95. The molecule has 3 aliphatic carbocycles. The molecule has 1 amide bonds. The van der Waals surface area contributed by atoms with E-state index in [-0.39, 0.29) is 23.8 Å². The lowest BCUT2D eigenvalue weighted by Crippen LogP contribution is -2.49. The van der Waals surface area contributed by atoms with Crippen LogP contribution in [0.4, 0.5) is 0 Å². The monoisotopic (exact) mass is 252 g/mol. The highest BCUT2D eigenvalue weighted by molar-refractivity contribution is 5.80. The summed E-state index contributed by atoms with van der Waals surface area (Å²) in [6.45, 7) is 0.324. The van der Waals surface area contributed by atoms with Crippen molar-refractivity contribution in [2.24, 2.45) is 17.8 Å². The summed E-state index contributed by atoms with van der Waals surface area (Å²) in [6.07, 6.45) is 5.35. The van der Waals surface area contributed by atoms with Gasteiger partial charge in [-0.15, -0.1) is 0 Å². The van der Waals surface area contributed by atoms with Crippen molar-refractivity contribution in [2.75, 3.05) is 6.54 Å². The van der Waals surface area contributed by atoms with Gasteiger partial charge in [0, 0.05) is 12.1 Å². The number of carbonyl (C=O) groups is 2. The second kappa shape index (κ2) is 4.53. The maximum atomic E-state index is 11.8. The maximum absolute atomic E-state index is 11.8. The van der Waals surface area contributed by atoms with Crippen molar-refractivity contribution in [1.29, 1.82) is 0 Å². The van der Waals surface area contributed by atoms with Gasteiger partial charge in [-0.25, -0.2) is 0 Å². The smallest absolute Gasteiger partial charge is 0.308 e. The normalized spacial score (nSPS) is 37.8. The Kier molecular flexibility index (Phi) is 3.01. The van der Waals surface area contributed by atoms with Crippen LogP contribution >= 0.6 is 0 Å². The largest absolute Gasteiger partial charge is 0.481 e. The van der Waals surface area contributed by atoms with Gasteiger partial charge in [-0.1, -0.05) is 0 Å². The molecule has 2 bridgehead atoms. The summed E-state index contributed by atoms with van der Waals surface area (Å²) in [5, 5.41) is 15.4. The maximum Gasteiger partial charge on any atom is 0.308 e. The number of nitrogens with one attached hydrogen (secondary N) is 2. The quantitative estimate of drug-likeness (QED) is 0.660. The Morgan fingerprint density at radius 3 is 2.50 bits per heavy atom. The molecule has 3 fully saturated rings. The van der Waals surface area contributed by atoms with E-state index in [1.165, 1.54) is 0 Å². The molecule has 3 N–H and O–H groups in total. The van der Waals surface area contributed by atoms with Gasteiger partial charge in [0.2, 0.25) is 5.91 Å². The Hall–Kier alpha value is -1.10. The van der Waals surface area contributed by atoms with E-state index in [1.807, 2.05) is 0 Å². The molecule has 5 nitrogen and oxygen atoms in total. The zero-order chi connectivity index (χ0) is 12.7. The third kappa shape index (κ3) is 2.23. The van der Waals surface area contributed by atoms with Crippen LogP contribution < -0.4 is 10.6 Å². The first kappa shape index (κ1) is 12.0. The fourth-order valence-electron chi connectivity index (χ4n) is 3.62. The predicted molar refractivity (Wildman–Crippen MR) is 64.9 cm³/mol. The first-order valence-corrected chi connectivity index (χ1v) is 6.90. The van der Waals surface area contributed by atoms with Crippen LogP contribution in [0, 0.1) is 17.8 Å². The topological polar surface area (TPSA) is 78.4 Å². The molecule has 3 aliphatic rings. The third-order valence-electron chi connectivity index (χ3n) is 4.66. The zero-order valence-electron chi connectivity index (χ0n) is 10.4. The van der Waals surface area contributed by atoms with Gasteiger partial charge in [-0.3, -0.25) is 9.59 Å². The first-order valence-electron chi connectivity index (χ1n) is 6.90. The van der Waals surface area contributed by atoms with Crippen LogP contribution in [0.3, 0.4) is 0 Å². The second-order valence-electron chi connectivity index (χ2n) is 5.95. The number of fused-ring (bicyclic) bond motifs is 2. The lowest BCUT2D eigenvalue weighted by atomic mass is 9.84. The molecule has 18 heavy (non-hydrogen) atoms. The van der Waals surface area contributed by atoms with Crippen molar-refractivity contribution in [3.8, 4) is 0 Å². The van der Waals surface area contributed by atoms with Crippen LogP contribution in [-0.2, 0) is 9.59 Å².